The van der Waals surface area contributed by atoms with E-state index in [1.807, 2.05) is 36.0 Å². The van der Waals surface area contributed by atoms with Gasteiger partial charge in [0.15, 0.2) is 4.96 Å². The molecule has 1 unspecified atom stereocenters. The highest BCUT2D eigenvalue weighted by molar-refractivity contribution is 7.15. The number of carbonyl (C=O) groups is 1. The number of rotatable bonds is 6. The lowest BCUT2D eigenvalue weighted by Crippen LogP contribution is -2.28. The van der Waals surface area contributed by atoms with E-state index in [0.29, 0.717) is 12.8 Å². The van der Waals surface area contributed by atoms with Gasteiger partial charge in [-0.25, -0.2) is 4.98 Å². The van der Waals surface area contributed by atoms with Crippen LogP contribution < -0.4 is 5.32 Å². The van der Waals surface area contributed by atoms with Gasteiger partial charge in [-0.15, -0.1) is 11.3 Å². The quantitative estimate of drug-likeness (QED) is 0.853. The van der Waals surface area contributed by atoms with Gasteiger partial charge in [0, 0.05) is 30.2 Å². The summed E-state index contributed by atoms with van der Waals surface area (Å²) >= 11 is 1.59. The van der Waals surface area contributed by atoms with Crippen molar-refractivity contribution in [3.8, 4) is 0 Å². The predicted octanol–water partition coefficient (Wildman–Crippen LogP) is 1.90. The third-order valence-electron chi connectivity index (χ3n) is 2.61. The molecule has 2 rings (SSSR count). The highest BCUT2D eigenvalue weighted by atomic mass is 32.1. The monoisotopic (exact) mass is 251 g/mol. The average molecular weight is 251 g/mol. The molecule has 0 aliphatic carbocycles. The van der Waals surface area contributed by atoms with E-state index in [-0.39, 0.29) is 11.8 Å². The summed E-state index contributed by atoms with van der Waals surface area (Å²) in [6.45, 7) is 4.98. The molecule has 4 nitrogen and oxygen atoms in total. The average Bonchev–Trinajstić information content (AvgIpc) is 2.77. The van der Waals surface area contributed by atoms with E-state index in [1.165, 1.54) is 0 Å². The first-order valence-corrected chi connectivity index (χ1v) is 6.73. The fourth-order valence-corrected chi connectivity index (χ4v) is 2.62. The van der Waals surface area contributed by atoms with Crippen LogP contribution in [0.5, 0.6) is 0 Å². The normalized spacial score (nSPS) is 13.1. The Morgan fingerprint density at radius 1 is 1.65 bits per heavy atom. The Kier molecular flexibility index (Phi) is 3.91. The van der Waals surface area contributed by atoms with Gasteiger partial charge in [0.25, 0.3) is 0 Å². The van der Waals surface area contributed by atoms with Crippen molar-refractivity contribution in [2.75, 3.05) is 6.54 Å². The van der Waals surface area contributed by atoms with E-state index < -0.39 is 0 Å². The van der Waals surface area contributed by atoms with E-state index in [0.717, 1.165) is 17.2 Å². The number of carbonyl (C=O) groups excluding carboxylic acids is 1. The van der Waals surface area contributed by atoms with Crippen LogP contribution in [0.3, 0.4) is 0 Å². The van der Waals surface area contributed by atoms with Crippen molar-refractivity contribution in [2.24, 2.45) is 0 Å². The highest BCUT2D eigenvalue weighted by Crippen LogP contribution is 2.12. The SMILES string of the molecule is CCNC(C)CC(=O)Cc1cn2ccsc2n1. The summed E-state index contributed by atoms with van der Waals surface area (Å²) < 4.78 is 1.96. The van der Waals surface area contributed by atoms with Crippen LogP contribution >= 0.6 is 11.3 Å². The zero-order valence-corrected chi connectivity index (χ0v) is 11.0. The number of fused-ring (bicyclic) bond motifs is 1. The molecule has 0 aliphatic heterocycles. The molecule has 2 heterocycles. The van der Waals surface area contributed by atoms with Gasteiger partial charge in [0.1, 0.15) is 5.78 Å². The third-order valence-corrected chi connectivity index (χ3v) is 3.38. The number of nitrogens with one attached hydrogen (secondary N) is 1. The van der Waals surface area contributed by atoms with Crippen LogP contribution in [-0.2, 0) is 11.2 Å². The molecule has 0 spiro atoms. The van der Waals surface area contributed by atoms with Crippen LogP contribution in [0.1, 0.15) is 26.0 Å². The summed E-state index contributed by atoms with van der Waals surface area (Å²) in [5, 5.41) is 5.23. The minimum absolute atomic E-state index is 0.240. The van der Waals surface area contributed by atoms with E-state index >= 15 is 0 Å². The first-order valence-electron chi connectivity index (χ1n) is 5.85. The molecule has 2 aromatic rings. The molecule has 0 saturated heterocycles. The molecular weight excluding hydrogens is 234 g/mol. The van der Waals surface area contributed by atoms with Crippen molar-refractivity contribution < 1.29 is 4.79 Å². The highest BCUT2D eigenvalue weighted by Gasteiger charge is 2.11. The Labute approximate surface area is 105 Å². The second kappa shape index (κ2) is 5.42. The van der Waals surface area contributed by atoms with Gasteiger partial charge in [-0.05, 0) is 13.5 Å². The maximum absolute atomic E-state index is 11.8. The molecule has 5 heteroatoms. The summed E-state index contributed by atoms with van der Waals surface area (Å²) in [5.41, 5.74) is 0.866. The lowest BCUT2D eigenvalue weighted by Gasteiger charge is -2.10. The zero-order chi connectivity index (χ0) is 12.3. The number of nitrogens with zero attached hydrogens (tertiary/aromatic N) is 2. The molecule has 2 aromatic heterocycles. The molecule has 0 amide bonds. The van der Waals surface area contributed by atoms with Gasteiger partial charge in [0.05, 0.1) is 12.1 Å². The molecule has 92 valence electrons. The van der Waals surface area contributed by atoms with Crippen LogP contribution in [0.2, 0.25) is 0 Å². The zero-order valence-electron chi connectivity index (χ0n) is 10.1. The second-order valence-corrected chi connectivity index (χ2v) is 5.08. The summed E-state index contributed by atoms with van der Waals surface area (Å²) in [7, 11) is 0. The van der Waals surface area contributed by atoms with Gasteiger partial charge in [0.2, 0.25) is 0 Å². The Hall–Kier alpha value is -1.20. The van der Waals surface area contributed by atoms with Crippen LogP contribution in [-0.4, -0.2) is 27.8 Å². The standard InChI is InChI=1S/C12H17N3OS/c1-3-13-9(2)6-11(16)7-10-8-15-4-5-17-12(15)14-10/h4-5,8-9,13H,3,6-7H2,1-2H3. The maximum atomic E-state index is 11.8. The Morgan fingerprint density at radius 2 is 2.47 bits per heavy atom. The van der Waals surface area contributed by atoms with Crippen molar-refractivity contribution in [3.63, 3.8) is 0 Å². The topological polar surface area (TPSA) is 46.4 Å². The van der Waals surface area contributed by atoms with Crippen LogP contribution in [0.15, 0.2) is 17.8 Å². The summed E-state index contributed by atoms with van der Waals surface area (Å²) in [4.78, 5) is 17.2. The van der Waals surface area contributed by atoms with Crippen molar-refractivity contribution >= 4 is 22.1 Å². The van der Waals surface area contributed by atoms with Crippen LogP contribution in [0.4, 0.5) is 0 Å². The van der Waals surface area contributed by atoms with Gasteiger partial charge in [-0.3, -0.25) is 9.20 Å². The first kappa shape index (κ1) is 12.3. The van der Waals surface area contributed by atoms with Crippen LogP contribution in [0.25, 0.3) is 4.96 Å². The number of Topliss-reactive ketones (excluding diaryl/α,β-unsaturated/α-hetero) is 1. The molecule has 17 heavy (non-hydrogen) atoms. The lowest BCUT2D eigenvalue weighted by molar-refractivity contribution is -0.118. The molecule has 0 bridgehead atoms. The largest absolute Gasteiger partial charge is 0.314 e. The molecule has 0 aromatic carbocycles. The minimum atomic E-state index is 0.240. The van der Waals surface area contributed by atoms with Crippen LogP contribution in [0, 0.1) is 0 Å². The summed E-state index contributed by atoms with van der Waals surface area (Å²) in [5.74, 6) is 0.240. The summed E-state index contributed by atoms with van der Waals surface area (Å²) in [6.07, 6.45) is 4.90. The van der Waals surface area contributed by atoms with E-state index in [9.17, 15) is 4.79 Å². The number of hydrogen-bond acceptors (Lipinski definition) is 4. The second-order valence-electron chi connectivity index (χ2n) is 4.20. The molecule has 0 aliphatic rings. The van der Waals surface area contributed by atoms with Crippen molar-refractivity contribution in [2.45, 2.75) is 32.7 Å². The number of aromatic nitrogens is 2. The fourth-order valence-electron chi connectivity index (χ4n) is 1.90. The number of hydrogen-bond donors (Lipinski definition) is 1. The first-order chi connectivity index (χ1) is 8.19. The Morgan fingerprint density at radius 3 is 3.18 bits per heavy atom. The number of imidazole rings is 1. The Bertz CT molecular complexity index is 474. The molecule has 0 saturated carbocycles. The predicted molar refractivity (Wildman–Crippen MR) is 69.5 cm³/mol. The lowest BCUT2D eigenvalue weighted by atomic mass is 10.1. The summed E-state index contributed by atoms with van der Waals surface area (Å²) in [6, 6.07) is 0.247. The van der Waals surface area contributed by atoms with E-state index in [4.69, 9.17) is 0 Å². The van der Waals surface area contributed by atoms with Crippen molar-refractivity contribution in [1.82, 2.24) is 14.7 Å². The van der Waals surface area contributed by atoms with E-state index in [2.05, 4.69) is 10.3 Å². The molecule has 1 N–H and O–H groups in total. The molecular formula is C12H17N3OS. The van der Waals surface area contributed by atoms with Gasteiger partial charge >= 0.3 is 0 Å². The third kappa shape index (κ3) is 3.14. The Balaban J connectivity index is 1.92. The van der Waals surface area contributed by atoms with Gasteiger partial charge in [-0.1, -0.05) is 6.92 Å². The number of thiazole rings is 1. The minimum Gasteiger partial charge on any atom is -0.314 e. The van der Waals surface area contributed by atoms with Gasteiger partial charge < -0.3 is 5.32 Å². The van der Waals surface area contributed by atoms with E-state index in [1.54, 1.807) is 11.3 Å². The molecule has 0 radical (unpaired) electrons. The maximum Gasteiger partial charge on any atom is 0.193 e. The molecule has 1 atom stereocenters. The number of ketones is 1. The molecule has 0 fully saturated rings. The van der Waals surface area contributed by atoms with Crippen molar-refractivity contribution in [1.29, 1.82) is 0 Å². The smallest absolute Gasteiger partial charge is 0.193 e. The van der Waals surface area contributed by atoms with Gasteiger partial charge in [-0.2, -0.15) is 0 Å². The fraction of sp³-hybridized carbons (Fsp3) is 0.500. The van der Waals surface area contributed by atoms with Crippen molar-refractivity contribution in [3.05, 3.63) is 23.5 Å².